The van der Waals surface area contributed by atoms with Crippen molar-refractivity contribution in [2.24, 2.45) is 0 Å². The van der Waals surface area contributed by atoms with Gasteiger partial charge in [-0.3, -0.25) is 13.6 Å². The molecule has 0 bridgehead atoms. The number of hydrogen-bond acceptors (Lipinski definition) is 8. The Morgan fingerprint density at radius 2 is 1.71 bits per heavy atom. The van der Waals surface area contributed by atoms with E-state index >= 15 is 0 Å². The van der Waals surface area contributed by atoms with Crippen LogP contribution in [0, 0.1) is 6.92 Å². The summed E-state index contributed by atoms with van der Waals surface area (Å²) in [4.78, 5) is 12.2. The average molecular weight is 477 g/mol. The second-order valence-electron chi connectivity index (χ2n) is 7.06. The number of anilines is 1. The van der Waals surface area contributed by atoms with E-state index < -0.39 is 45.1 Å². The molecule has 0 amide bonds. The fourth-order valence-corrected chi connectivity index (χ4v) is 4.03. The second kappa shape index (κ2) is 8.19. The molecule has 1 saturated carbocycles. The van der Waals surface area contributed by atoms with Gasteiger partial charge in [-0.05, 0) is 19.8 Å². The molecule has 2 N–H and O–H groups in total. The number of aromatic nitrogens is 4. The van der Waals surface area contributed by atoms with Gasteiger partial charge in [0.25, 0.3) is 0 Å². The van der Waals surface area contributed by atoms with Crippen LogP contribution in [0.4, 0.5) is 32.3 Å². The Bertz CT molecular complexity index is 969. The lowest BCUT2D eigenvalue weighted by Gasteiger charge is -2.23. The lowest BCUT2D eigenvalue weighted by molar-refractivity contribution is -0.166. The quantitative estimate of drug-likeness (QED) is 0.431. The van der Waals surface area contributed by atoms with E-state index in [0.29, 0.717) is 29.7 Å². The monoisotopic (exact) mass is 477 g/mol. The highest BCUT2D eigenvalue weighted by Gasteiger charge is 2.48. The summed E-state index contributed by atoms with van der Waals surface area (Å²) in [7, 11) is -4.86. The third kappa shape index (κ3) is 6.51. The van der Waals surface area contributed by atoms with Crippen molar-refractivity contribution in [2.75, 3.05) is 25.3 Å². The van der Waals surface area contributed by atoms with Crippen molar-refractivity contribution in [2.45, 2.75) is 44.3 Å². The zero-order chi connectivity index (χ0) is 23.1. The average Bonchev–Trinajstić information content (AvgIpc) is 3.29. The van der Waals surface area contributed by atoms with Crippen LogP contribution in [0.25, 0.3) is 11.2 Å². The molecule has 0 unspecified atom stereocenters. The standard InChI is InChI=1S/C15H18F6N5O4P/c1-9-10-11(25-12(22)24-9)26(7-23-10)4-13(2-3-13)28-8-31(27,29-5-14(16,17)18)30-6-15(19,20)21/h7H,2-6,8H2,1H3,(H2,22,24,25). The van der Waals surface area contributed by atoms with Crippen LogP contribution in [0.1, 0.15) is 18.5 Å². The summed E-state index contributed by atoms with van der Waals surface area (Å²) in [6.45, 7) is -2.31. The number of halogens is 6. The summed E-state index contributed by atoms with van der Waals surface area (Å²) >= 11 is 0. The first kappa shape index (κ1) is 23.7. The predicted molar refractivity (Wildman–Crippen MR) is 94.0 cm³/mol. The molecule has 0 aliphatic heterocycles. The van der Waals surface area contributed by atoms with Crippen molar-refractivity contribution < 1.29 is 44.7 Å². The molecule has 31 heavy (non-hydrogen) atoms. The van der Waals surface area contributed by atoms with Gasteiger partial charge in [0.05, 0.1) is 24.2 Å². The molecule has 3 rings (SSSR count). The van der Waals surface area contributed by atoms with Gasteiger partial charge in [0.2, 0.25) is 5.95 Å². The van der Waals surface area contributed by atoms with E-state index in [2.05, 4.69) is 24.0 Å². The molecule has 9 nitrogen and oxygen atoms in total. The Morgan fingerprint density at radius 1 is 1.13 bits per heavy atom. The molecule has 0 atom stereocenters. The maximum Gasteiger partial charge on any atom is 0.412 e. The van der Waals surface area contributed by atoms with Crippen molar-refractivity contribution >= 4 is 24.7 Å². The molecule has 0 saturated heterocycles. The molecule has 2 heterocycles. The van der Waals surface area contributed by atoms with Crippen LogP contribution in [-0.2, 0) is 24.9 Å². The van der Waals surface area contributed by atoms with Gasteiger partial charge in [-0.1, -0.05) is 0 Å². The SMILES string of the molecule is Cc1nc(N)nc2c1ncn2CC1(OCP(=O)(OCC(F)(F)F)OCC(F)(F)F)CC1. The normalized spacial score (nSPS) is 16.7. The minimum Gasteiger partial charge on any atom is -0.368 e. The van der Waals surface area contributed by atoms with Crippen LogP contribution >= 0.6 is 7.60 Å². The molecule has 0 spiro atoms. The van der Waals surface area contributed by atoms with Gasteiger partial charge >= 0.3 is 19.9 Å². The zero-order valence-electron chi connectivity index (χ0n) is 16.0. The highest BCUT2D eigenvalue weighted by Crippen LogP contribution is 2.53. The number of nitrogens with zero attached hydrogens (tertiary/aromatic N) is 4. The molecular weight excluding hydrogens is 459 g/mol. The van der Waals surface area contributed by atoms with E-state index in [1.807, 2.05) is 0 Å². The zero-order valence-corrected chi connectivity index (χ0v) is 16.9. The van der Waals surface area contributed by atoms with Crippen LogP contribution in [0.15, 0.2) is 6.33 Å². The molecule has 2 aromatic heterocycles. The van der Waals surface area contributed by atoms with Gasteiger partial charge in [-0.25, -0.2) is 9.97 Å². The number of nitrogens with two attached hydrogens (primary N) is 1. The number of hydrogen-bond donors (Lipinski definition) is 1. The van der Waals surface area contributed by atoms with Gasteiger partial charge in [0.15, 0.2) is 18.9 Å². The van der Waals surface area contributed by atoms with Crippen molar-refractivity contribution in [3.8, 4) is 0 Å². The number of aryl methyl sites for hydroxylation is 1. The highest BCUT2D eigenvalue weighted by molar-refractivity contribution is 7.53. The third-order valence-corrected chi connectivity index (χ3v) is 5.79. The Kier molecular flexibility index (Phi) is 6.26. The Balaban J connectivity index is 1.71. The van der Waals surface area contributed by atoms with Crippen LogP contribution in [0.3, 0.4) is 0 Å². The van der Waals surface area contributed by atoms with Gasteiger partial charge in [0.1, 0.15) is 11.9 Å². The Hall–Kier alpha value is -1.96. The van der Waals surface area contributed by atoms with Crippen molar-refractivity contribution in [3.63, 3.8) is 0 Å². The number of fused-ring (bicyclic) bond motifs is 1. The molecule has 1 aliphatic carbocycles. The fourth-order valence-electron chi connectivity index (χ4n) is 2.69. The Morgan fingerprint density at radius 3 is 2.23 bits per heavy atom. The summed E-state index contributed by atoms with van der Waals surface area (Å²) in [6.07, 6.45) is -8.67. The summed E-state index contributed by atoms with van der Waals surface area (Å²) in [5.74, 6) is 0.00289. The van der Waals surface area contributed by atoms with E-state index in [9.17, 15) is 30.9 Å². The first-order chi connectivity index (χ1) is 14.2. The smallest absolute Gasteiger partial charge is 0.368 e. The largest absolute Gasteiger partial charge is 0.412 e. The first-order valence-corrected chi connectivity index (χ1v) is 10.5. The molecule has 1 fully saturated rings. The molecule has 174 valence electrons. The molecule has 0 radical (unpaired) electrons. The molecular formula is C15H18F6N5O4P. The summed E-state index contributed by atoms with van der Waals surface area (Å²) in [6, 6.07) is 0. The maximum absolute atomic E-state index is 12.5. The third-order valence-electron chi connectivity index (χ3n) is 4.30. The minimum atomic E-state index is -4.91. The number of imidazole rings is 1. The summed E-state index contributed by atoms with van der Waals surface area (Å²) < 4.78 is 102. The van der Waals surface area contributed by atoms with Crippen LogP contribution in [0.2, 0.25) is 0 Å². The first-order valence-electron chi connectivity index (χ1n) is 8.80. The van der Waals surface area contributed by atoms with Crippen molar-refractivity contribution in [3.05, 3.63) is 12.0 Å². The van der Waals surface area contributed by atoms with Gasteiger partial charge in [-0.15, -0.1) is 0 Å². The van der Waals surface area contributed by atoms with E-state index in [0.717, 1.165) is 0 Å². The van der Waals surface area contributed by atoms with E-state index in [-0.39, 0.29) is 12.5 Å². The maximum atomic E-state index is 12.5. The fraction of sp³-hybridized carbons (Fsp3) is 0.667. The van der Waals surface area contributed by atoms with Gasteiger partial charge < -0.3 is 15.0 Å². The number of ether oxygens (including phenoxy) is 1. The van der Waals surface area contributed by atoms with Crippen LogP contribution in [0.5, 0.6) is 0 Å². The Labute approximate surface area is 171 Å². The van der Waals surface area contributed by atoms with Crippen LogP contribution in [-0.4, -0.2) is 57.0 Å². The van der Waals surface area contributed by atoms with E-state index in [4.69, 9.17) is 10.5 Å². The van der Waals surface area contributed by atoms with Gasteiger partial charge in [0, 0.05) is 0 Å². The van der Waals surface area contributed by atoms with E-state index in [1.54, 1.807) is 11.5 Å². The number of alkyl halides is 6. The molecule has 1 aliphatic rings. The number of rotatable bonds is 9. The van der Waals surface area contributed by atoms with Crippen molar-refractivity contribution in [1.29, 1.82) is 0 Å². The van der Waals surface area contributed by atoms with Gasteiger partial charge in [-0.2, -0.15) is 31.3 Å². The second-order valence-corrected chi connectivity index (χ2v) is 9.05. The molecule has 2 aromatic rings. The lowest BCUT2D eigenvalue weighted by atomic mass is 10.3. The van der Waals surface area contributed by atoms with E-state index in [1.165, 1.54) is 6.33 Å². The predicted octanol–water partition coefficient (Wildman–Crippen LogP) is 3.57. The topological polar surface area (TPSA) is 114 Å². The van der Waals surface area contributed by atoms with Crippen LogP contribution < -0.4 is 5.73 Å². The van der Waals surface area contributed by atoms with Crippen molar-refractivity contribution in [1.82, 2.24) is 19.5 Å². The minimum absolute atomic E-state index is 0.00289. The highest BCUT2D eigenvalue weighted by atomic mass is 31.2. The summed E-state index contributed by atoms with van der Waals surface area (Å²) in [5.41, 5.74) is 6.01. The summed E-state index contributed by atoms with van der Waals surface area (Å²) in [5, 5.41) is 0. The lowest BCUT2D eigenvalue weighted by Crippen LogP contribution is -2.25. The molecule has 0 aromatic carbocycles. The molecule has 16 heteroatoms. The number of nitrogen functional groups attached to an aromatic ring is 1.